The van der Waals surface area contributed by atoms with Gasteiger partial charge in [0.1, 0.15) is 11.5 Å². The fraction of sp³-hybridized carbons (Fsp3) is 0.286. The summed E-state index contributed by atoms with van der Waals surface area (Å²) >= 11 is 6.27. The monoisotopic (exact) mass is 249 g/mol. The van der Waals surface area contributed by atoms with Gasteiger partial charge >= 0.3 is 0 Å². The zero-order valence-electron chi connectivity index (χ0n) is 10.1. The Labute approximate surface area is 107 Å². The lowest BCUT2D eigenvalue weighted by Gasteiger charge is -2.03. The van der Waals surface area contributed by atoms with E-state index in [1.54, 1.807) is 0 Å². The molecule has 90 valence electrons. The maximum Gasteiger partial charge on any atom is 0.135 e. The minimum Gasteiger partial charge on any atom is -0.460 e. The molecule has 0 bridgehead atoms. The molecule has 1 N–H and O–H groups in total. The molecule has 17 heavy (non-hydrogen) atoms. The Morgan fingerprint density at radius 3 is 2.82 bits per heavy atom. The highest BCUT2D eigenvalue weighted by Crippen LogP contribution is 2.31. The standard InChI is InChI=1S/C14H16ClNO/c1-3-16-9-11-7-8-13(17-11)12-6-4-5-10(2)14(12)15/h4-8,16H,3,9H2,1-2H3. The van der Waals surface area contributed by atoms with Crippen LogP contribution in [0.4, 0.5) is 0 Å². The summed E-state index contributed by atoms with van der Waals surface area (Å²) < 4.78 is 5.76. The number of nitrogens with one attached hydrogen (secondary N) is 1. The number of halogens is 1. The van der Waals surface area contributed by atoms with Gasteiger partial charge < -0.3 is 9.73 Å². The lowest BCUT2D eigenvalue weighted by atomic mass is 10.1. The van der Waals surface area contributed by atoms with Crippen molar-refractivity contribution >= 4 is 11.6 Å². The molecule has 0 aliphatic heterocycles. The van der Waals surface area contributed by atoms with Crippen molar-refractivity contribution in [2.45, 2.75) is 20.4 Å². The zero-order chi connectivity index (χ0) is 12.3. The first-order chi connectivity index (χ1) is 8.22. The molecule has 0 aliphatic rings. The molecular weight excluding hydrogens is 234 g/mol. The lowest BCUT2D eigenvalue weighted by Crippen LogP contribution is -2.10. The van der Waals surface area contributed by atoms with Gasteiger partial charge in [-0.1, -0.05) is 30.7 Å². The van der Waals surface area contributed by atoms with E-state index in [2.05, 4.69) is 12.2 Å². The summed E-state index contributed by atoms with van der Waals surface area (Å²) in [6.45, 7) is 5.75. The predicted molar refractivity (Wildman–Crippen MR) is 71.3 cm³/mol. The number of furan rings is 1. The first-order valence-electron chi connectivity index (χ1n) is 5.77. The Balaban J connectivity index is 2.27. The maximum atomic E-state index is 6.27. The van der Waals surface area contributed by atoms with E-state index in [1.807, 2.05) is 37.3 Å². The number of aryl methyl sites for hydroxylation is 1. The molecule has 0 fully saturated rings. The van der Waals surface area contributed by atoms with Crippen LogP contribution in [-0.4, -0.2) is 6.54 Å². The van der Waals surface area contributed by atoms with Gasteiger partial charge in [0, 0.05) is 5.56 Å². The van der Waals surface area contributed by atoms with Crippen molar-refractivity contribution in [3.05, 3.63) is 46.7 Å². The highest BCUT2D eigenvalue weighted by molar-refractivity contribution is 6.34. The number of benzene rings is 1. The Hall–Kier alpha value is -1.25. The Morgan fingerprint density at radius 2 is 2.06 bits per heavy atom. The minimum absolute atomic E-state index is 0.750. The first-order valence-corrected chi connectivity index (χ1v) is 6.15. The summed E-state index contributed by atoms with van der Waals surface area (Å²) in [6.07, 6.45) is 0. The third-order valence-corrected chi connectivity index (χ3v) is 3.17. The van der Waals surface area contributed by atoms with Crippen molar-refractivity contribution < 1.29 is 4.42 Å². The van der Waals surface area contributed by atoms with Gasteiger partial charge in [-0.3, -0.25) is 0 Å². The summed E-state index contributed by atoms with van der Waals surface area (Å²) in [4.78, 5) is 0. The molecule has 0 unspecified atom stereocenters. The summed E-state index contributed by atoms with van der Waals surface area (Å²) in [7, 11) is 0. The van der Waals surface area contributed by atoms with Crippen LogP contribution in [0.3, 0.4) is 0 Å². The summed E-state index contributed by atoms with van der Waals surface area (Å²) in [6, 6.07) is 9.91. The SMILES string of the molecule is CCNCc1ccc(-c2cccc(C)c2Cl)o1. The zero-order valence-corrected chi connectivity index (χ0v) is 10.8. The average Bonchev–Trinajstić information content (AvgIpc) is 2.78. The van der Waals surface area contributed by atoms with E-state index >= 15 is 0 Å². The molecule has 1 aromatic carbocycles. The Kier molecular flexibility index (Phi) is 3.87. The van der Waals surface area contributed by atoms with E-state index in [4.69, 9.17) is 16.0 Å². The van der Waals surface area contributed by atoms with Crippen LogP contribution in [0.15, 0.2) is 34.7 Å². The molecule has 0 amide bonds. The van der Waals surface area contributed by atoms with E-state index in [-0.39, 0.29) is 0 Å². The third-order valence-electron chi connectivity index (χ3n) is 2.67. The molecule has 0 radical (unpaired) electrons. The van der Waals surface area contributed by atoms with E-state index < -0.39 is 0 Å². The van der Waals surface area contributed by atoms with Gasteiger partial charge in [0.25, 0.3) is 0 Å². The van der Waals surface area contributed by atoms with Crippen LogP contribution < -0.4 is 5.32 Å². The normalized spacial score (nSPS) is 10.8. The second-order valence-corrected chi connectivity index (χ2v) is 4.36. The summed E-state index contributed by atoms with van der Waals surface area (Å²) in [5, 5.41) is 3.99. The van der Waals surface area contributed by atoms with Crippen molar-refractivity contribution in [3.8, 4) is 11.3 Å². The Morgan fingerprint density at radius 1 is 1.24 bits per heavy atom. The van der Waals surface area contributed by atoms with Gasteiger partial charge in [0.05, 0.1) is 11.6 Å². The van der Waals surface area contributed by atoms with Gasteiger partial charge in [-0.15, -0.1) is 0 Å². The molecule has 0 saturated heterocycles. The quantitative estimate of drug-likeness (QED) is 0.886. The van der Waals surface area contributed by atoms with Gasteiger partial charge in [0.15, 0.2) is 0 Å². The second-order valence-electron chi connectivity index (χ2n) is 3.98. The van der Waals surface area contributed by atoms with Gasteiger partial charge in [0.2, 0.25) is 0 Å². The topological polar surface area (TPSA) is 25.2 Å². The van der Waals surface area contributed by atoms with Crippen LogP contribution in [0.1, 0.15) is 18.2 Å². The van der Waals surface area contributed by atoms with Crippen LogP contribution >= 0.6 is 11.6 Å². The molecule has 0 spiro atoms. The highest BCUT2D eigenvalue weighted by atomic mass is 35.5. The number of hydrogen-bond donors (Lipinski definition) is 1. The molecule has 1 heterocycles. The van der Waals surface area contributed by atoms with Crippen molar-refractivity contribution in [3.63, 3.8) is 0 Å². The van der Waals surface area contributed by atoms with Crippen LogP contribution in [-0.2, 0) is 6.54 Å². The molecule has 2 aromatic rings. The van der Waals surface area contributed by atoms with Crippen molar-refractivity contribution in [2.75, 3.05) is 6.54 Å². The molecule has 3 heteroatoms. The second kappa shape index (κ2) is 5.39. The smallest absolute Gasteiger partial charge is 0.135 e. The fourth-order valence-corrected chi connectivity index (χ4v) is 1.92. The van der Waals surface area contributed by atoms with Gasteiger partial charge in [-0.05, 0) is 37.2 Å². The van der Waals surface area contributed by atoms with E-state index in [0.717, 1.165) is 40.8 Å². The fourth-order valence-electron chi connectivity index (χ4n) is 1.70. The summed E-state index contributed by atoms with van der Waals surface area (Å²) in [5.41, 5.74) is 2.02. The van der Waals surface area contributed by atoms with Crippen LogP contribution in [0.5, 0.6) is 0 Å². The van der Waals surface area contributed by atoms with Crippen molar-refractivity contribution in [1.82, 2.24) is 5.32 Å². The molecule has 0 saturated carbocycles. The molecule has 2 nitrogen and oxygen atoms in total. The van der Waals surface area contributed by atoms with Crippen molar-refractivity contribution in [2.24, 2.45) is 0 Å². The van der Waals surface area contributed by atoms with E-state index in [9.17, 15) is 0 Å². The molecular formula is C14H16ClNO. The molecule has 0 atom stereocenters. The van der Waals surface area contributed by atoms with E-state index in [0.29, 0.717) is 0 Å². The van der Waals surface area contributed by atoms with Gasteiger partial charge in [-0.25, -0.2) is 0 Å². The third kappa shape index (κ3) is 2.71. The first kappa shape index (κ1) is 12.2. The molecule has 1 aromatic heterocycles. The van der Waals surface area contributed by atoms with Gasteiger partial charge in [-0.2, -0.15) is 0 Å². The Bertz CT molecular complexity index is 505. The lowest BCUT2D eigenvalue weighted by molar-refractivity contribution is 0.498. The number of rotatable bonds is 4. The molecule has 0 aliphatic carbocycles. The largest absolute Gasteiger partial charge is 0.460 e. The maximum absolute atomic E-state index is 6.27. The predicted octanol–water partition coefficient (Wildman–Crippen LogP) is 4.02. The average molecular weight is 250 g/mol. The highest BCUT2D eigenvalue weighted by Gasteiger charge is 2.09. The molecule has 2 rings (SSSR count). The van der Waals surface area contributed by atoms with Crippen molar-refractivity contribution in [1.29, 1.82) is 0 Å². The number of hydrogen-bond acceptors (Lipinski definition) is 2. The minimum atomic E-state index is 0.750. The van der Waals surface area contributed by atoms with Crippen LogP contribution in [0.25, 0.3) is 11.3 Å². The van der Waals surface area contributed by atoms with E-state index in [1.165, 1.54) is 0 Å². The summed E-state index contributed by atoms with van der Waals surface area (Å²) in [5.74, 6) is 1.76. The van der Waals surface area contributed by atoms with Crippen LogP contribution in [0, 0.1) is 6.92 Å². The van der Waals surface area contributed by atoms with Crippen LogP contribution in [0.2, 0.25) is 5.02 Å².